The number of rotatable bonds is 7. The van der Waals surface area contributed by atoms with Crippen LogP contribution in [0, 0.1) is 0 Å². The molecule has 0 N–H and O–H groups in total. The van der Waals surface area contributed by atoms with Crippen molar-refractivity contribution in [3.05, 3.63) is 57.3 Å². The van der Waals surface area contributed by atoms with Crippen LogP contribution in [-0.4, -0.2) is 25.3 Å². The van der Waals surface area contributed by atoms with Crippen molar-refractivity contribution in [1.82, 2.24) is 0 Å². The predicted molar refractivity (Wildman–Crippen MR) is 124 cm³/mol. The zero-order valence-corrected chi connectivity index (χ0v) is 19.8. The van der Waals surface area contributed by atoms with E-state index in [1.54, 1.807) is 17.4 Å². The summed E-state index contributed by atoms with van der Waals surface area (Å²) in [4.78, 5) is 2.07. The van der Waals surface area contributed by atoms with E-state index in [0.717, 1.165) is 39.6 Å². The highest BCUT2D eigenvalue weighted by molar-refractivity contribution is 7.85. The number of aromatic nitrogens is 1. The lowest BCUT2D eigenvalue weighted by molar-refractivity contribution is -0.668. The fourth-order valence-corrected chi connectivity index (χ4v) is 5.46. The summed E-state index contributed by atoms with van der Waals surface area (Å²) < 4.78 is 42.3. The third kappa shape index (κ3) is 4.99. The third-order valence-corrected chi connectivity index (χ3v) is 7.23. The lowest BCUT2D eigenvalue weighted by atomic mass is 10.2. The van der Waals surface area contributed by atoms with E-state index in [1.807, 2.05) is 41.0 Å². The summed E-state index contributed by atoms with van der Waals surface area (Å²) in [5.41, 5.74) is 1.79. The molecule has 0 unspecified atom stereocenters. The molecule has 1 aromatic heterocycles. The Labute approximate surface area is 195 Å². The lowest BCUT2D eigenvalue weighted by Gasteiger charge is -2.16. The second-order valence-corrected chi connectivity index (χ2v) is 10.6. The van der Waals surface area contributed by atoms with Gasteiger partial charge in [-0.15, -0.1) is 0 Å². The Bertz CT molecular complexity index is 1270. The van der Waals surface area contributed by atoms with Crippen LogP contribution in [0.15, 0.2) is 42.3 Å². The van der Waals surface area contributed by atoms with Gasteiger partial charge in [0.15, 0.2) is 12.3 Å². The van der Waals surface area contributed by atoms with Crippen LogP contribution in [0.3, 0.4) is 0 Å². The number of nitrogens with zero attached hydrogens (tertiary/aromatic N) is 2. The van der Waals surface area contributed by atoms with Crippen LogP contribution in [0.4, 0.5) is 5.69 Å². The fourth-order valence-electron chi connectivity index (χ4n) is 3.55. The smallest absolute Gasteiger partial charge is 0.268 e. The van der Waals surface area contributed by atoms with Crippen LogP contribution in [-0.2, 0) is 16.7 Å². The third-order valence-electron chi connectivity index (χ3n) is 4.85. The summed E-state index contributed by atoms with van der Waals surface area (Å²) in [5, 5.41) is 2.09. The Morgan fingerprint density at radius 2 is 1.94 bits per heavy atom. The van der Waals surface area contributed by atoms with E-state index in [0.29, 0.717) is 22.5 Å². The minimum Gasteiger partial charge on any atom is -0.748 e. The normalized spacial score (nSPS) is 15.0. The molecule has 4 rings (SSSR count). The molecule has 0 saturated carbocycles. The van der Waals surface area contributed by atoms with Crippen molar-refractivity contribution >= 4 is 66.6 Å². The van der Waals surface area contributed by atoms with Gasteiger partial charge >= 0.3 is 0 Å². The maximum atomic E-state index is 11.1. The molecule has 6 nitrogen and oxygen atoms in total. The number of aryl methyl sites for hydroxylation is 1. The van der Waals surface area contributed by atoms with Gasteiger partial charge in [0, 0.05) is 34.8 Å². The van der Waals surface area contributed by atoms with Crippen LogP contribution in [0.5, 0.6) is 5.75 Å². The Kier molecular flexibility index (Phi) is 6.46. The highest BCUT2D eigenvalue weighted by atomic mass is 35.5. The number of benzene rings is 2. The molecule has 10 heteroatoms. The molecule has 2 aromatic carbocycles. The summed E-state index contributed by atoms with van der Waals surface area (Å²) in [6, 6.07) is 11.1. The molecule has 0 aliphatic carbocycles. The molecule has 2 heterocycles. The van der Waals surface area contributed by atoms with E-state index >= 15 is 0 Å². The molecule has 0 amide bonds. The first-order valence-electron chi connectivity index (χ1n) is 9.77. The van der Waals surface area contributed by atoms with E-state index in [4.69, 9.17) is 27.9 Å². The minimum atomic E-state index is -4.28. The molecule has 1 aliphatic rings. The van der Waals surface area contributed by atoms with Crippen molar-refractivity contribution < 1.29 is 22.3 Å². The Balaban J connectivity index is 1.76. The van der Waals surface area contributed by atoms with E-state index in [-0.39, 0.29) is 6.42 Å². The topological polar surface area (TPSA) is 73.6 Å². The number of anilines is 1. The van der Waals surface area contributed by atoms with E-state index < -0.39 is 15.9 Å². The second kappa shape index (κ2) is 8.96. The van der Waals surface area contributed by atoms with Gasteiger partial charge in [-0.2, -0.15) is 4.57 Å². The van der Waals surface area contributed by atoms with Crippen LogP contribution in [0.1, 0.15) is 24.8 Å². The standard InChI is InChI=1S/C21H20Cl2N2O4S2/c1-2-8-24-16-11-14(22)4-6-18(16)29-20(24)13-21-25(9-3-10-31(26,27)28)17-12-15(23)5-7-19(17)30-21/h4-7,11-13H,2-3,8-10H2,1H3. The Morgan fingerprint density at radius 3 is 2.68 bits per heavy atom. The van der Waals surface area contributed by atoms with E-state index in [1.165, 1.54) is 0 Å². The monoisotopic (exact) mass is 498 g/mol. The molecule has 3 aromatic rings. The average molecular weight is 499 g/mol. The first kappa shape index (κ1) is 22.4. The zero-order chi connectivity index (χ0) is 22.2. The van der Waals surface area contributed by atoms with Gasteiger partial charge in [-0.25, -0.2) is 8.42 Å². The summed E-state index contributed by atoms with van der Waals surface area (Å²) in [5.74, 6) is 0.982. The molecule has 0 radical (unpaired) electrons. The molecule has 0 bridgehead atoms. The summed E-state index contributed by atoms with van der Waals surface area (Å²) in [7, 11) is -4.28. The predicted octanol–water partition coefficient (Wildman–Crippen LogP) is 5.04. The summed E-state index contributed by atoms with van der Waals surface area (Å²) in [6.45, 7) is 3.21. The maximum absolute atomic E-state index is 11.1. The minimum absolute atomic E-state index is 0.209. The van der Waals surface area contributed by atoms with Crippen molar-refractivity contribution in [2.24, 2.45) is 0 Å². The van der Waals surface area contributed by atoms with Crippen LogP contribution < -0.4 is 14.2 Å². The van der Waals surface area contributed by atoms with Crippen molar-refractivity contribution in [3.63, 3.8) is 0 Å². The highest BCUT2D eigenvalue weighted by Gasteiger charge is 2.29. The van der Waals surface area contributed by atoms with Gasteiger partial charge in [0.2, 0.25) is 11.4 Å². The number of halogens is 2. The molecular weight excluding hydrogens is 479 g/mol. The van der Waals surface area contributed by atoms with Crippen LogP contribution >= 0.6 is 34.5 Å². The van der Waals surface area contributed by atoms with Gasteiger partial charge in [-0.3, -0.25) is 0 Å². The number of fused-ring (bicyclic) bond motifs is 2. The Morgan fingerprint density at radius 1 is 1.19 bits per heavy atom. The molecule has 164 valence electrons. The van der Waals surface area contributed by atoms with Crippen molar-refractivity contribution in [1.29, 1.82) is 0 Å². The fraction of sp³-hybridized carbons (Fsp3) is 0.286. The van der Waals surface area contributed by atoms with Gasteiger partial charge in [0.25, 0.3) is 5.01 Å². The van der Waals surface area contributed by atoms with Gasteiger partial charge in [0.1, 0.15) is 4.70 Å². The van der Waals surface area contributed by atoms with Gasteiger partial charge in [-0.05, 0) is 36.8 Å². The molecule has 0 atom stereocenters. The van der Waals surface area contributed by atoms with E-state index in [9.17, 15) is 13.0 Å². The number of hydrogen-bond acceptors (Lipinski definition) is 6. The summed E-state index contributed by atoms with van der Waals surface area (Å²) >= 11 is 13.9. The van der Waals surface area contributed by atoms with Crippen molar-refractivity contribution in [3.8, 4) is 5.75 Å². The molecule has 0 saturated heterocycles. The lowest BCUT2D eigenvalue weighted by Crippen LogP contribution is -2.36. The van der Waals surface area contributed by atoms with Crippen molar-refractivity contribution in [2.75, 3.05) is 17.2 Å². The van der Waals surface area contributed by atoms with Crippen LogP contribution in [0.2, 0.25) is 10.0 Å². The largest absolute Gasteiger partial charge is 0.748 e. The molecule has 0 spiro atoms. The Hall–Kier alpha value is -1.84. The maximum Gasteiger partial charge on any atom is 0.268 e. The first-order valence-corrected chi connectivity index (χ1v) is 12.9. The molecular formula is C21H20Cl2N2O4S2. The number of thiazole rings is 1. The number of hydrogen-bond donors (Lipinski definition) is 0. The van der Waals surface area contributed by atoms with Crippen LogP contribution in [0.25, 0.3) is 16.3 Å². The zero-order valence-electron chi connectivity index (χ0n) is 16.7. The second-order valence-electron chi connectivity index (χ2n) is 7.17. The summed E-state index contributed by atoms with van der Waals surface area (Å²) in [6.07, 6.45) is 3.06. The van der Waals surface area contributed by atoms with Gasteiger partial charge in [-0.1, -0.05) is 41.5 Å². The first-order chi connectivity index (χ1) is 14.7. The average Bonchev–Trinajstić information content (AvgIpc) is 3.19. The molecule has 1 aliphatic heterocycles. The number of ether oxygens (including phenoxy) is 1. The van der Waals surface area contributed by atoms with Gasteiger partial charge < -0.3 is 14.2 Å². The molecule has 0 fully saturated rings. The van der Waals surface area contributed by atoms with E-state index in [2.05, 4.69) is 11.8 Å². The molecule has 31 heavy (non-hydrogen) atoms. The highest BCUT2D eigenvalue weighted by Crippen LogP contribution is 2.41. The SMILES string of the molecule is CCCN1/C(=C\c2sc3ccc(Cl)cc3[n+]2CCCS(=O)(=O)[O-])Oc2ccc(Cl)cc21. The van der Waals surface area contributed by atoms with Gasteiger partial charge in [0.05, 0.1) is 21.9 Å². The van der Waals surface area contributed by atoms with Crippen molar-refractivity contribution in [2.45, 2.75) is 26.3 Å². The quantitative estimate of drug-likeness (QED) is 0.337.